The lowest BCUT2D eigenvalue weighted by Gasteiger charge is -2.29. The van der Waals surface area contributed by atoms with E-state index in [0.717, 1.165) is 54.7 Å². The quantitative estimate of drug-likeness (QED) is 0.880. The van der Waals surface area contributed by atoms with Crippen molar-refractivity contribution < 1.29 is 5.11 Å². The van der Waals surface area contributed by atoms with Gasteiger partial charge in [-0.2, -0.15) is 0 Å². The summed E-state index contributed by atoms with van der Waals surface area (Å²) in [4.78, 5) is 24.4. The normalized spacial score (nSPS) is 22.8. The Balaban J connectivity index is 1.66. The number of hydrogen-bond donors (Lipinski definition) is 2. The van der Waals surface area contributed by atoms with Crippen molar-refractivity contribution in [3.8, 4) is 0 Å². The highest BCUT2D eigenvalue weighted by molar-refractivity contribution is 7.18. The highest BCUT2D eigenvalue weighted by Crippen LogP contribution is 2.34. The molecule has 0 radical (unpaired) electrons. The molecule has 21 heavy (non-hydrogen) atoms. The standard InChI is InChI=1S/C15H19N3O2S/c19-9-3-2-6-18(7-9)8-12-16-14(20)13-10-4-1-5-11(10)21-15(13)17-12/h9,19H,1-8H2,(H,16,17,20). The van der Waals surface area contributed by atoms with Gasteiger partial charge in [0.05, 0.1) is 18.0 Å². The van der Waals surface area contributed by atoms with E-state index in [1.54, 1.807) is 11.3 Å². The van der Waals surface area contributed by atoms with Gasteiger partial charge in [0.15, 0.2) is 0 Å². The number of aromatic nitrogens is 2. The second-order valence-corrected chi connectivity index (χ2v) is 7.16. The number of hydrogen-bond acceptors (Lipinski definition) is 5. The van der Waals surface area contributed by atoms with E-state index in [9.17, 15) is 9.90 Å². The fraction of sp³-hybridized carbons (Fsp3) is 0.600. The number of nitrogens with zero attached hydrogens (tertiary/aromatic N) is 2. The number of thiophene rings is 1. The van der Waals surface area contributed by atoms with Gasteiger partial charge >= 0.3 is 0 Å². The molecule has 1 aliphatic heterocycles. The average Bonchev–Trinajstić information content (AvgIpc) is 2.98. The van der Waals surface area contributed by atoms with Crippen LogP contribution in [0.2, 0.25) is 0 Å². The second-order valence-electron chi connectivity index (χ2n) is 6.08. The molecule has 5 nitrogen and oxygen atoms in total. The van der Waals surface area contributed by atoms with Crippen molar-refractivity contribution in [1.29, 1.82) is 0 Å². The monoisotopic (exact) mass is 305 g/mol. The van der Waals surface area contributed by atoms with Crippen LogP contribution in [0.25, 0.3) is 10.2 Å². The fourth-order valence-corrected chi connectivity index (χ4v) is 4.79. The van der Waals surface area contributed by atoms with E-state index in [-0.39, 0.29) is 11.7 Å². The molecule has 1 unspecified atom stereocenters. The Labute approximate surface area is 126 Å². The predicted octanol–water partition coefficient (Wildman–Crippen LogP) is 1.43. The van der Waals surface area contributed by atoms with Gasteiger partial charge in [-0.25, -0.2) is 4.98 Å². The molecule has 2 aromatic rings. The molecule has 2 aliphatic rings. The van der Waals surface area contributed by atoms with Gasteiger partial charge in [0, 0.05) is 11.4 Å². The first-order valence-corrected chi connectivity index (χ1v) is 8.46. The molecule has 4 rings (SSSR count). The first-order chi connectivity index (χ1) is 10.2. The molecule has 1 aliphatic carbocycles. The van der Waals surface area contributed by atoms with E-state index < -0.39 is 0 Å². The van der Waals surface area contributed by atoms with E-state index in [1.807, 2.05) is 0 Å². The SMILES string of the molecule is O=c1[nH]c(CN2CCCC(O)C2)nc2sc3c(c12)CCC3. The minimum absolute atomic E-state index is 0.00644. The molecule has 1 atom stereocenters. The summed E-state index contributed by atoms with van der Waals surface area (Å²) in [6.07, 6.45) is 4.88. The van der Waals surface area contributed by atoms with Crippen molar-refractivity contribution in [2.45, 2.75) is 44.8 Å². The van der Waals surface area contributed by atoms with Gasteiger partial charge in [-0.05, 0) is 44.2 Å². The highest BCUT2D eigenvalue weighted by atomic mass is 32.1. The zero-order valence-corrected chi connectivity index (χ0v) is 12.7. The topological polar surface area (TPSA) is 69.2 Å². The Morgan fingerprint density at radius 1 is 1.38 bits per heavy atom. The lowest BCUT2D eigenvalue weighted by Crippen LogP contribution is -2.38. The van der Waals surface area contributed by atoms with Crippen LogP contribution < -0.4 is 5.56 Å². The van der Waals surface area contributed by atoms with Crippen LogP contribution in [0.3, 0.4) is 0 Å². The Morgan fingerprint density at radius 2 is 2.29 bits per heavy atom. The summed E-state index contributed by atoms with van der Waals surface area (Å²) in [5.41, 5.74) is 1.23. The second kappa shape index (κ2) is 5.19. The summed E-state index contributed by atoms with van der Waals surface area (Å²) < 4.78 is 0. The number of aliphatic hydroxyl groups is 1. The molecular formula is C15H19N3O2S. The molecule has 2 N–H and O–H groups in total. The first kappa shape index (κ1) is 13.4. The third kappa shape index (κ3) is 2.41. The largest absolute Gasteiger partial charge is 0.392 e. The van der Waals surface area contributed by atoms with Gasteiger partial charge in [0.2, 0.25) is 0 Å². The van der Waals surface area contributed by atoms with Crippen LogP contribution in [0.4, 0.5) is 0 Å². The molecule has 0 amide bonds. The highest BCUT2D eigenvalue weighted by Gasteiger charge is 2.22. The fourth-order valence-electron chi connectivity index (χ4n) is 3.51. The maximum Gasteiger partial charge on any atom is 0.259 e. The lowest BCUT2D eigenvalue weighted by molar-refractivity contribution is 0.0655. The molecule has 112 valence electrons. The summed E-state index contributed by atoms with van der Waals surface area (Å²) in [5.74, 6) is 0.724. The molecule has 0 aromatic carbocycles. The molecule has 2 aromatic heterocycles. The van der Waals surface area contributed by atoms with Crippen LogP contribution >= 0.6 is 11.3 Å². The number of nitrogens with one attached hydrogen (secondary N) is 1. The van der Waals surface area contributed by atoms with Crippen molar-refractivity contribution in [2.24, 2.45) is 0 Å². The first-order valence-electron chi connectivity index (χ1n) is 7.64. The molecule has 1 saturated heterocycles. The number of piperidine rings is 1. The van der Waals surface area contributed by atoms with E-state index in [2.05, 4.69) is 14.9 Å². The van der Waals surface area contributed by atoms with Crippen molar-refractivity contribution in [2.75, 3.05) is 13.1 Å². The van der Waals surface area contributed by atoms with Crippen LogP contribution in [-0.4, -0.2) is 39.2 Å². The number of aromatic amines is 1. The average molecular weight is 305 g/mol. The molecule has 0 bridgehead atoms. The Kier molecular flexibility index (Phi) is 3.32. The predicted molar refractivity (Wildman–Crippen MR) is 82.8 cm³/mol. The number of likely N-dealkylation sites (tertiary alicyclic amines) is 1. The van der Waals surface area contributed by atoms with Gasteiger partial charge in [-0.3, -0.25) is 9.69 Å². The minimum Gasteiger partial charge on any atom is -0.392 e. The van der Waals surface area contributed by atoms with E-state index >= 15 is 0 Å². The van der Waals surface area contributed by atoms with Gasteiger partial charge < -0.3 is 10.1 Å². The smallest absolute Gasteiger partial charge is 0.259 e. The van der Waals surface area contributed by atoms with Crippen LogP contribution in [-0.2, 0) is 19.4 Å². The number of rotatable bonds is 2. The summed E-state index contributed by atoms with van der Waals surface area (Å²) >= 11 is 1.68. The van der Waals surface area contributed by atoms with Crippen LogP contribution in [0, 0.1) is 0 Å². The number of H-pyrrole nitrogens is 1. The van der Waals surface area contributed by atoms with Crippen LogP contribution in [0.15, 0.2) is 4.79 Å². The molecule has 6 heteroatoms. The third-order valence-electron chi connectivity index (χ3n) is 4.48. The molecule has 3 heterocycles. The molecule has 0 saturated carbocycles. The third-order valence-corrected chi connectivity index (χ3v) is 5.66. The maximum absolute atomic E-state index is 12.4. The van der Waals surface area contributed by atoms with Crippen molar-refractivity contribution in [3.05, 3.63) is 26.6 Å². The van der Waals surface area contributed by atoms with Gasteiger partial charge in [-0.15, -0.1) is 11.3 Å². The lowest BCUT2D eigenvalue weighted by atomic mass is 10.1. The zero-order valence-electron chi connectivity index (χ0n) is 11.9. The van der Waals surface area contributed by atoms with E-state index in [1.165, 1.54) is 10.4 Å². The van der Waals surface area contributed by atoms with Crippen molar-refractivity contribution in [3.63, 3.8) is 0 Å². The Hall–Kier alpha value is -1.24. The van der Waals surface area contributed by atoms with E-state index in [4.69, 9.17) is 0 Å². The maximum atomic E-state index is 12.4. The Bertz CT molecular complexity index is 736. The van der Waals surface area contributed by atoms with Gasteiger partial charge in [-0.1, -0.05) is 0 Å². The molecule has 0 spiro atoms. The van der Waals surface area contributed by atoms with Crippen molar-refractivity contribution >= 4 is 21.6 Å². The summed E-state index contributed by atoms with van der Waals surface area (Å²) in [7, 11) is 0. The van der Waals surface area contributed by atoms with Gasteiger partial charge in [0.1, 0.15) is 10.7 Å². The molecular weight excluding hydrogens is 286 g/mol. The number of β-amino-alcohol motifs (C(OH)–C–C–N with tert-alkyl or cyclic N) is 1. The van der Waals surface area contributed by atoms with E-state index in [0.29, 0.717) is 13.1 Å². The number of aryl methyl sites for hydroxylation is 2. The van der Waals surface area contributed by atoms with Crippen LogP contribution in [0.1, 0.15) is 35.5 Å². The van der Waals surface area contributed by atoms with Gasteiger partial charge in [0.25, 0.3) is 5.56 Å². The number of aliphatic hydroxyl groups excluding tert-OH is 1. The van der Waals surface area contributed by atoms with Crippen molar-refractivity contribution in [1.82, 2.24) is 14.9 Å². The molecule has 1 fully saturated rings. The minimum atomic E-state index is -0.250. The van der Waals surface area contributed by atoms with Crippen LogP contribution in [0.5, 0.6) is 0 Å². The summed E-state index contributed by atoms with van der Waals surface area (Å²) in [6, 6.07) is 0. The summed E-state index contributed by atoms with van der Waals surface area (Å²) in [5, 5.41) is 10.5. The number of fused-ring (bicyclic) bond motifs is 3. The summed E-state index contributed by atoms with van der Waals surface area (Å²) in [6.45, 7) is 2.24. The zero-order chi connectivity index (χ0) is 14.4. The Morgan fingerprint density at radius 3 is 3.14 bits per heavy atom.